The van der Waals surface area contributed by atoms with Crippen LogP contribution in [-0.2, 0) is 11.2 Å². The standard InChI is InChI=1S/C20H19N3O4/c1-26-18-10-9-15(13-21-18)22-19(24)16(12-14-6-3-2-4-7-14)23-20(25)17-8-5-11-27-17/h2-11,13,16H,12H2,1H3,(H,22,24)(H,23,25)/t16-/m1/s1. The second-order valence-electron chi connectivity index (χ2n) is 5.77. The lowest BCUT2D eigenvalue weighted by molar-refractivity contribution is -0.118. The lowest BCUT2D eigenvalue weighted by atomic mass is 10.0. The van der Waals surface area contributed by atoms with Crippen LogP contribution in [0.4, 0.5) is 5.69 Å². The van der Waals surface area contributed by atoms with Gasteiger partial charge in [-0.3, -0.25) is 9.59 Å². The van der Waals surface area contributed by atoms with Crippen LogP contribution < -0.4 is 15.4 Å². The molecule has 0 bridgehead atoms. The fourth-order valence-corrected chi connectivity index (χ4v) is 2.50. The third-order valence-electron chi connectivity index (χ3n) is 3.86. The van der Waals surface area contributed by atoms with Gasteiger partial charge in [0, 0.05) is 12.5 Å². The SMILES string of the molecule is COc1ccc(NC(=O)[C@@H](Cc2ccccc2)NC(=O)c2ccco2)cn1. The first-order valence-electron chi connectivity index (χ1n) is 8.35. The van der Waals surface area contributed by atoms with Gasteiger partial charge >= 0.3 is 0 Å². The van der Waals surface area contributed by atoms with Crippen LogP contribution >= 0.6 is 0 Å². The third-order valence-corrected chi connectivity index (χ3v) is 3.86. The minimum absolute atomic E-state index is 0.145. The number of carbonyl (C=O) groups is 2. The molecule has 138 valence electrons. The number of carbonyl (C=O) groups excluding carboxylic acids is 2. The van der Waals surface area contributed by atoms with Crippen LogP contribution in [0.3, 0.4) is 0 Å². The molecule has 0 unspecified atom stereocenters. The van der Waals surface area contributed by atoms with Crippen molar-refractivity contribution in [2.24, 2.45) is 0 Å². The van der Waals surface area contributed by atoms with E-state index in [1.54, 1.807) is 24.3 Å². The largest absolute Gasteiger partial charge is 0.481 e. The highest BCUT2D eigenvalue weighted by Crippen LogP contribution is 2.13. The maximum Gasteiger partial charge on any atom is 0.287 e. The molecule has 1 atom stereocenters. The second kappa shape index (κ2) is 8.66. The minimum atomic E-state index is -0.785. The number of hydrogen-bond donors (Lipinski definition) is 2. The van der Waals surface area contributed by atoms with E-state index in [2.05, 4.69) is 15.6 Å². The van der Waals surface area contributed by atoms with Gasteiger partial charge < -0.3 is 19.8 Å². The summed E-state index contributed by atoms with van der Waals surface area (Å²) in [4.78, 5) is 29.1. The Bertz CT molecular complexity index is 877. The normalized spacial score (nSPS) is 11.4. The average molecular weight is 365 g/mol. The van der Waals surface area contributed by atoms with Crippen LogP contribution in [0, 0.1) is 0 Å². The molecule has 0 spiro atoms. The van der Waals surface area contributed by atoms with Crippen LogP contribution in [0.15, 0.2) is 71.5 Å². The molecule has 0 radical (unpaired) electrons. The summed E-state index contributed by atoms with van der Waals surface area (Å²) >= 11 is 0. The number of ether oxygens (including phenoxy) is 1. The van der Waals surface area contributed by atoms with Crippen molar-refractivity contribution in [1.82, 2.24) is 10.3 Å². The van der Waals surface area contributed by atoms with E-state index < -0.39 is 11.9 Å². The number of hydrogen-bond acceptors (Lipinski definition) is 5. The Morgan fingerprint density at radius 1 is 1.11 bits per heavy atom. The topological polar surface area (TPSA) is 93.5 Å². The molecule has 7 heteroatoms. The molecule has 27 heavy (non-hydrogen) atoms. The fraction of sp³-hybridized carbons (Fsp3) is 0.150. The fourth-order valence-electron chi connectivity index (χ4n) is 2.50. The van der Waals surface area contributed by atoms with Gasteiger partial charge in [-0.2, -0.15) is 0 Å². The lowest BCUT2D eigenvalue weighted by Gasteiger charge is -2.18. The Morgan fingerprint density at radius 3 is 2.56 bits per heavy atom. The molecule has 0 aliphatic rings. The third kappa shape index (κ3) is 4.94. The van der Waals surface area contributed by atoms with E-state index in [9.17, 15) is 9.59 Å². The molecule has 0 aliphatic carbocycles. The predicted octanol–water partition coefficient (Wildman–Crippen LogP) is 2.66. The zero-order valence-corrected chi connectivity index (χ0v) is 14.7. The number of pyridine rings is 1. The number of methoxy groups -OCH3 is 1. The maximum atomic E-state index is 12.8. The molecule has 0 saturated carbocycles. The van der Waals surface area contributed by atoms with Gasteiger partial charge in [0.15, 0.2) is 5.76 Å². The summed E-state index contributed by atoms with van der Waals surface area (Å²) in [6.45, 7) is 0. The summed E-state index contributed by atoms with van der Waals surface area (Å²) in [5.74, 6) is -0.221. The van der Waals surface area contributed by atoms with Crippen LogP contribution in [0.2, 0.25) is 0 Å². The van der Waals surface area contributed by atoms with E-state index in [1.165, 1.54) is 19.6 Å². The summed E-state index contributed by atoms with van der Waals surface area (Å²) in [7, 11) is 1.51. The number of aromatic nitrogens is 1. The van der Waals surface area contributed by atoms with Gasteiger partial charge in [0.05, 0.1) is 25.3 Å². The van der Waals surface area contributed by atoms with E-state index in [-0.39, 0.29) is 11.7 Å². The van der Waals surface area contributed by atoms with Crippen LogP contribution in [0.5, 0.6) is 5.88 Å². The smallest absolute Gasteiger partial charge is 0.287 e. The Balaban J connectivity index is 1.74. The molecule has 2 aromatic heterocycles. The van der Waals surface area contributed by atoms with Crippen molar-refractivity contribution in [3.05, 3.63) is 78.4 Å². The molecule has 3 rings (SSSR count). The zero-order valence-electron chi connectivity index (χ0n) is 14.7. The van der Waals surface area contributed by atoms with Gasteiger partial charge in [0.2, 0.25) is 11.8 Å². The quantitative estimate of drug-likeness (QED) is 0.671. The molecule has 2 amide bonds. The molecule has 0 fully saturated rings. The van der Waals surface area contributed by atoms with E-state index in [1.807, 2.05) is 30.3 Å². The molecule has 3 aromatic rings. The molecule has 2 heterocycles. The van der Waals surface area contributed by atoms with Gasteiger partial charge in [0.1, 0.15) is 6.04 Å². The highest BCUT2D eigenvalue weighted by atomic mass is 16.5. The van der Waals surface area contributed by atoms with Crippen molar-refractivity contribution in [3.8, 4) is 5.88 Å². The molecular weight excluding hydrogens is 346 g/mol. The first-order chi connectivity index (χ1) is 13.2. The highest BCUT2D eigenvalue weighted by Gasteiger charge is 2.23. The molecule has 1 aromatic carbocycles. The number of anilines is 1. The van der Waals surface area contributed by atoms with Crippen molar-refractivity contribution in [1.29, 1.82) is 0 Å². The number of furan rings is 1. The number of rotatable bonds is 7. The molecule has 2 N–H and O–H groups in total. The van der Waals surface area contributed by atoms with E-state index in [0.717, 1.165) is 5.56 Å². The van der Waals surface area contributed by atoms with E-state index in [0.29, 0.717) is 18.0 Å². The monoisotopic (exact) mass is 365 g/mol. The summed E-state index contributed by atoms with van der Waals surface area (Å²) in [5, 5.41) is 5.48. The van der Waals surface area contributed by atoms with E-state index in [4.69, 9.17) is 9.15 Å². The van der Waals surface area contributed by atoms with Crippen molar-refractivity contribution >= 4 is 17.5 Å². The van der Waals surface area contributed by atoms with E-state index >= 15 is 0 Å². The number of amides is 2. The van der Waals surface area contributed by atoms with Crippen LogP contribution in [-0.4, -0.2) is 29.9 Å². The number of nitrogens with zero attached hydrogens (tertiary/aromatic N) is 1. The molecule has 0 aliphatic heterocycles. The Labute approximate surface area is 156 Å². The Kier molecular flexibility index (Phi) is 5.84. The number of nitrogens with one attached hydrogen (secondary N) is 2. The molecule has 0 saturated heterocycles. The lowest BCUT2D eigenvalue weighted by Crippen LogP contribution is -2.45. The van der Waals surface area contributed by atoms with Gasteiger partial charge in [-0.25, -0.2) is 4.98 Å². The van der Waals surface area contributed by atoms with Crippen molar-refractivity contribution in [2.75, 3.05) is 12.4 Å². The maximum absolute atomic E-state index is 12.8. The first-order valence-corrected chi connectivity index (χ1v) is 8.35. The van der Waals surface area contributed by atoms with Crippen molar-refractivity contribution < 1.29 is 18.7 Å². The van der Waals surface area contributed by atoms with Gasteiger partial charge in [0.25, 0.3) is 5.91 Å². The summed E-state index contributed by atoms with van der Waals surface area (Å²) in [5.41, 5.74) is 1.43. The Hall–Kier alpha value is -3.61. The van der Waals surface area contributed by atoms with Crippen LogP contribution in [0.25, 0.3) is 0 Å². The van der Waals surface area contributed by atoms with Crippen molar-refractivity contribution in [3.63, 3.8) is 0 Å². The van der Waals surface area contributed by atoms with Gasteiger partial charge in [-0.15, -0.1) is 0 Å². The molecular formula is C20H19N3O4. The summed E-state index contributed by atoms with van der Waals surface area (Å²) in [6.07, 6.45) is 3.23. The highest BCUT2D eigenvalue weighted by molar-refractivity contribution is 6.00. The second-order valence-corrected chi connectivity index (χ2v) is 5.77. The van der Waals surface area contributed by atoms with Crippen molar-refractivity contribution in [2.45, 2.75) is 12.5 Å². The summed E-state index contributed by atoms with van der Waals surface area (Å²) < 4.78 is 10.1. The minimum Gasteiger partial charge on any atom is -0.481 e. The average Bonchev–Trinajstić information content (AvgIpc) is 3.24. The first kappa shape index (κ1) is 18.2. The van der Waals surface area contributed by atoms with Gasteiger partial charge in [-0.05, 0) is 23.8 Å². The number of benzene rings is 1. The Morgan fingerprint density at radius 2 is 1.93 bits per heavy atom. The van der Waals surface area contributed by atoms with Gasteiger partial charge in [-0.1, -0.05) is 30.3 Å². The predicted molar refractivity (Wildman–Crippen MR) is 99.5 cm³/mol. The molecule has 7 nitrogen and oxygen atoms in total. The summed E-state index contributed by atoms with van der Waals surface area (Å²) in [6, 6.07) is 15.1. The van der Waals surface area contributed by atoms with Crippen LogP contribution in [0.1, 0.15) is 16.1 Å². The zero-order chi connectivity index (χ0) is 19.1.